The van der Waals surface area contributed by atoms with Crippen molar-refractivity contribution in [2.75, 3.05) is 0 Å². The van der Waals surface area contributed by atoms with E-state index in [4.69, 9.17) is 0 Å². The van der Waals surface area contributed by atoms with Crippen LogP contribution in [0.15, 0.2) is 18.2 Å². The van der Waals surface area contributed by atoms with Crippen LogP contribution in [0.4, 0.5) is 0 Å². The fourth-order valence-electron chi connectivity index (χ4n) is 1.36. The summed E-state index contributed by atoms with van der Waals surface area (Å²) in [5, 5.41) is 0. The molecule has 0 saturated heterocycles. The van der Waals surface area contributed by atoms with E-state index in [9.17, 15) is 0 Å². The molecule has 0 aliphatic carbocycles. The number of aryl methyl sites for hydroxylation is 1. The predicted molar refractivity (Wildman–Crippen MR) is 62.2 cm³/mol. The highest BCUT2D eigenvalue weighted by Crippen LogP contribution is 2.25. The van der Waals surface area contributed by atoms with Crippen LogP contribution in [0, 0.1) is 5.92 Å². The van der Waals surface area contributed by atoms with Gasteiger partial charge in [-0.2, -0.15) is 0 Å². The summed E-state index contributed by atoms with van der Waals surface area (Å²) in [5.74, 6) is 0.646. The second kappa shape index (κ2) is 4.61. The average Bonchev–Trinajstić information content (AvgIpc) is 2.50. The molecule has 1 aromatic heterocycles. The van der Waals surface area contributed by atoms with E-state index in [1.165, 1.54) is 15.3 Å². The quantitative estimate of drug-likeness (QED) is 0.670. The van der Waals surface area contributed by atoms with E-state index in [0.29, 0.717) is 5.92 Å². The molecule has 0 aliphatic rings. The van der Waals surface area contributed by atoms with E-state index in [1.807, 2.05) is 11.3 Å². The molecular weight excluding hydrogens is 176 g/mol. The largest absolute Gasteiger partial charge is 0.141 e. The Morgan fingerprint density at radius 1 is 1.46 bits per heavy atom. The first-order valence-electron chi connectivity index (χ1n) is 4.91. The van der Waals surface area contributed by atoms with Crippen LogP contribution in [0.25, 0.3) is 5.57 Å². The highest BCUT2D eigenvalue weighted by molar-refractivity contribution is 7.13. The number of rotatable bonds is 3. The van der Waals surface area contributed by atoms with Crippen molar-refractivity contribution < 1.29 is 0 Å². The maximum atomic E-state index is 2.32. The third-order valence-electron chi connectivity index (χ3n) is 1.98. The normalized spacial score (nSPS) is 12.5. The summed E-state index contributed by atoms with van der Waals surface area (Å²) >= 11 is 1.91. The molecule has 0 fully saturated rings. The van der Waals surface area contributed by atoms with Crippen molar-refractivity contribution in [1.29, 1.82) is 0 Å². The summed E-state index contributed by atoms with van der Waals surface area (Å²) in [6.45, 7) is 8.85. The minimum Gasteiger partial charge on any atom is -0.141 e. The Hall–Kier alpha value is -0.560. The topological polar surface area (TPSA) is 0 Å². The zero-order valence-corrected chi connectivity index (χ0v) is 9.74. The van der Waals surface area contributed by atoms with Gasteiger partial charge in [0.05, 0.1) is 0 Å². The number of thiophene rings is 1. The Bertz CT molecular complexity index is 292. The van der Waals surface area contributed by atoms with Crippen LogP contribution in [0.2, 0.25) is 0 Å². The molecule has 0 aliphatic heterocycles. The Morgan fingerprint density at radius 3 is 2.62 bits per heavy atom. The molecule has 0 N–H and O–H groups in total. The molecule has 1 aromatic rings. The summed E-state index contributed by atoms with van der Waals surface area (Å²) in [6, 6.07) is 4.47. The Kier molecular flexibility index (Phi) is 3.73. The Labute approximate surface area is 85.3 Å². The molecule has 1 heteroatoms. The molecule has 0 aromatic carbocycles. The molecule has 72 valence electrons. The van der Waals surface area contributed by atoms with Crippen molar-refractivity contribution in [2.45, 2.75) is 34.1 Å². The van der Waals surface area contributed by atoms with Gasteiger partial charge in [0.1, 0.15) is 0 Å². The number of allylic oxidation sites excluding steroid dienone is 2. The third-order valence-corrected chi connectivity index (χ3v) is 3.35. The minimum atomic E-state index is 0.646. The van der Waals surface area contributed by atoms with Crippen molar-refractivity contribution in [3.8, 4) is 0 Å². The molecule has 0 saturated carbocycles. The minimum absolute atomic E-state index is 0.646. The summed E-state index contributed by atoms with van der Waals surface area (Å²) in [4.78, 5) is 2.90. The van der Waals surface area contributed by atoms with Crippen LogP contribution in [0.1, 0.15) is 37.4 Å². The maximum Gasteiger partial charge on any atom is 0.0299 e. The molecular formula is C12H18S. The highest BCUT2D eigenvalue weighted by atomic mass is 32.1. The summed E-state index contributed by atoms with van der Waals surface area (Å²) < 4.78 is 0. The molecule has 0 unspecified atom stereocenters. The van der Waals surface area contributed by atoms with Crippen LogP contribution < -0.4 is 0 Å². The van der Waals surface area contributed by atoms with Crippen LogP contribution in [-0.2, 0) is 6.42 Å². The van der Waals surface area contributed by atoms with Gasteiger partial charge in [-0.1, -0.05) is 26.8 Å². The number of hydrogen-bond acceptors (Lipinski definition) is 1. The summed E-state index contributed by atoms with van der Waals surface area (Å²) in [5.41, 5.74) is 1.42. The van der Waals surface area contributed by atoms with Crippen molar-refractivity contribution >= 4 is 16.9 Å². The van der Waals surface area contributed by atoms with E-state index in [2.05, 4.69) is 45.9 Å². The molecule has 1 heterocycles. The molecule has 0 nitrogen and oxygen atoms in total. The van der Waals surface area contributed by atoms with Crippen molar-refractivity contribution in [3.05, 3.63) is 28.0 Å². The van der Waals surface area contributed by atoms with E-state index < -0.39 is 0 Å². The second-order valence-electron chi connectivity index (χ2n) is 3.71. The molecule has 1 rings (SSSR count). The fraction of sp³-hybridized carbons (Fsp3) is 0.500. The molecule has 13 heavy (non-hydrogen) atoms. The summed E-state index contributed by atoms with van der Waals surface area (Å²) in [7, 11) is 0. The highest BCUT2D eigenvalue weighted by Gasteiger charge is 2.00. The van der Waals surface area contributed by atoms with Crippen LogP contribution in [0.5, 0.6) is 0 Å². The van der Waals surface area contributed by atoms with Gasteiger partial charge in [-0.25, -0.2) is 0 Å². The lowest BCUT2D eigenvalue weighted by Crippen LogP contribution is -1.80. The van der Waals surface area contributed by atoms with Crippen LogP contribution in [-0.4, -0.2) is 0 Å². The van der Waals surface area contributed by atoms with Gasteiger partial charge >= 0.3 is 0 Å². The monoisotopic (exact) mass is 194 g/mol. The molecule has 0 radical (unpaired) electrons. The average molecular weight is 194 g/mol. The van der Waals surface area contributed by atoms with Crippen LogP contribution in [0.3, 0.4) is 0 Å². The van der Waals surface area contributed by atoms with Gasteiger partial charge < -0.3 is 0 Å². The Morgan fingerprint density at radius 2 is 2.15 bits per heavy atom. The first-order valence-corrected chi connectivity index (χ1v) is 5.72. The van der Waals surface area contributed by atoms with E-state index in [1.54, 1.807) is 0 Å². The number of hydrogen-bond donors (Lipinski definition) is 0. The lowest BCUT2D eigenvalue weighted by atomic mass is 10.1. The third kappa shape index (κ3) is 3.00. The van der Waals surface area contributed by atoms with Crippen molar-refractivity contribution in [2.24, 2.45) is 5.92 Å². The molecule has 0 atom stereocenters. The molecule has 0 bridgehead atoms. The van der Waals surface area contributed by atoms with Crippen LogP contribution >= 0.6 is 11.3 Å². The van der Waals surface area contributed by atoms with Gasteiger partial charge in [0.15, 0.2) is 0 Å². The van der Waals surface area contributed by atoms with E-state index in [-0.39, 0.29) is 0 Å². The van der Waals surface area contributed by atoms with Gasteiger partial charge in [0, 0.05) is 9.75 Å². The standard InChI is InChI=1S/C12H18S/c1-5-11-6-7-12(13-11)10(4)8-9(2)3/h6-9H,5H2,1-4H3/b10-8+. The molecule has 0 amide bonds. The van der Waals surface area contributed by atoms with Gasteiger partial charge in [-0.05, 0) is 37.0 Å². The Balaban J connectivity index is 2.82. The fourth-order valence-corrected chi connectivity index (χ4v) is 2.29. The lowest BCUT2D eigenvalue weighted by molar-refractivity contribution is 0.833. The lowest BCUT2D eigenvalue weighted by Gasteiger charge is -1.99. The smallest absolute Gasteiger partial charge is 0.0299 e. The predicted octanol–water partition coefficient (Wildman–Crippen LogP) is 4.37. The van der Waals surface area contributed by atoms with Gasteiger partial charge in [0.2, 0.25) is 0 Å². The zero-order chi connectivity index (χ0) is 9.84. The van der Waals surface area contributed by atoms with Crippen molar-refractivity contribution in [3.63, 3.8) is 0 Å². The molecule has 0 spiro atoms. The van der Waals surface area contributed by atoms with Gasteiger partial charge in [-0.15, -0.1) is 11.3 Å². The SMILES string of the molecule is CCc1ccc(/C(C)=C/C(C)C)s1. The second-order valence-corrected chi connectivity index (χ2v) is 4.88. The first-order chi connectivity index (χ1) is 6.13. The van der Waals surface area contributed by atoms with Crippen molar-refractivity contribution in [1.82, 2.24) is 0 Å². The van der Waals surface area contributed by atoms with E-state index in [0.717, 1.165) is 6.42 Å². The zero-order valence-electron chi connectivity index (χ0n) is 8.92. The van der Waals surface area contributed by atoms with Gasteiger partial charge in [0.25, 0.3) is 0 Å². The van der Waals surface area contributed by atoms with E-state index >= 15 is 0 Å². The van der Waals surface area contributed by atoms with Gasteiger partial charge in [-0.3, -0.25) is 0 Å². The maximum absolute atomic E-state index is 2.32. The summed E-state index contributed by atoms with van der Waals surface area (Å²) in [6.07, 6.45) is 3.48. The first kappa shape index (κ1) is 10.5.